The third-order valence-electron chi connectivity index (χ3n) is 3.24. The van der Waals surface area contributed by atoms with Gasteiger partial charge in [0.05, 0.1) is 12.7 Å². The molecule has 0 aliphatic heterocycles. The summed E-state index contributed by atoms with van der Waals surface area (Å²) in [6.07, 6.45) is 0.135. The summed E-state index contributed by atoms with van der Waals surface area (Å²) in [5.74, 6) is 0.152. The van der Waals surface area contributed by atoms with E-state index in [-0.39, 0.29) is 6.42 Å². The van der Waals surface area contributed by atoms with Crippen molar-refractivity contribution in [3.63, 3.8) is 0 Å². The highest BCUT2D eigenvalue weighted by atomic mass is 35.5. The smallest absolute Gasteiger partial charge is 0.127 e. The first-order valence-electron chi connectivity index (χ1n) is 6.24. The second-order valence-corrected chi connectivity index (χ2v) is 5.32. The van der Waals surface area contributed by atoms with Crippen LogP contribution < -0.4 is 4.74 Å². The normalized spacial score (nSPS) is 13.8. The maximum Gasteiger partial charge on any atom is 0.127 e. The van der Waals surface area contributed by atoms with Gasteiger partial charge in [-0.3, -0.25) is 0 Å². The molecule has 2 aromatic carbocycles. The Morgan fingerprint density at radius 1 is 1.25 bits per heavy atom. The summed E-state index contributed by atoms with van der Waals surface area (Å²) in [6.45, 7) is 1.64. The minimum Gasteiger partial charge on any atom is -0.496 e. The number of benzene rings is 2. The maximum absolute atomic E-state index is 13.9. The van der Waals surface area contributed by atoms with E-state index in [1.807, 2.05) is 12.1 Å². The van der Waals surface area contributed by atoms with Crippen molar-refractivity contribution < 1.29 is 14.2 Å². The highest BCUT2D eigenvalue weighted by Crippen LogP contribution is 2.33. The number of para-hydroxylation sites is 1. The van der Waals surface area contributed by atoms with E-state index in [1.54, 1.807) is 31.2 Å². The lowest BCUT2D eigenvalue weighted by Crippen LogP contribution is -2.25. The van der Waals surface area contributed by atoms with Crippen molar-refractivity contribution >= 4 is 11.6 Å². The van der Waals surface area contributed by atoms with Gasteiger partial charge in [-0.2, -0.15) is 0 Å². The summed E-state index contributed by atoms with van der Waals surface area (Å²) < 4.78 is 19.1. The summed E-state index contributed by atoms with van der Waals surface area (Å²) in [5, 5.41) is 11.0. The van der Waals surface area contributed by atoms with Crippen LogP contribution in [0.4, 0.5) is 4.39 Å². The highest BCUT2D eigenvalue weighted by molar-refractivity contribution is 6.30. The topological polar surface area (TPSA) is 29.5 Å². The van der Waals surface area contributed by atoms with E-state index in [1.165, 1.54) is 13.2 Å². The molecule has 20 heavy (non-hydrogen) atoms. The first kappa shape index (κ1) is 14.8. The van der Waals surface area contributed by atoms with Crippen molar-refractivity contribution in [2.45, 2.75) is 18.9 Å². The van der Waals surface area contributed by atoms with Crippen LogP contribution in [0, 0.1) is 5.82 Å². The quantitative estimate of drug-likeness (QED) is 0.925. The van der Waals surface area contributed by atoms with Gasteiger partial charge in [0.2, 0.25) is 0 Å². The third-order valence-corrected chi connectivity index (χ3v) is 3.47. The first-order chi connectivity index (χ1) is 9.44. The van der Waals surface area contributed by atoms with Gasteiger partial charge in [-0.25, -0.2) is 4.39 Å². The molecule has 0 heterocycles. The molecule has 0 spiro atoms. The molecule has 0 fully saturated rings. The highest BCUT2D eigenvalue weighted by Gasteiger charge is 2.28. The lowest BCUT2D eigenvalue weighted by atomic mass is 9.88. The summed E-state index contributed by atoms with van der Waals surface area (Å²) in [6, 6.07) is 11.6. The zero-order chi connectivity index (χ0) is 14.8. The number of hydrogen-bond donors (Lipinski definition) is 1. The summed E-state index contributed by atoms with van der Waals surface area (Å²) >= 11 is 5.73. The fourth-order valence-electron chi connectivity index (χ4n) is 2.22. The maximum atomic E-state index is 13.9. The van der Waals surface area contributed by atoms with E-state index in [4.69, 9.17) is 16.3 Å². The molecule has 1 unspecified atom stereocenters. The molecule has 1 N–H and O–H groups in total. The Hall–Kier alpha value is -1.58. The molecule has 0 amide bonds. The Bertz CT molecular complexity index is 611. The summed E-state index contributed by atoms with van der Waals surface area (Å²) in [4.78, 5) is 0. The van der Waals surface area contributed by atoms with Crippen LogP contribution in [0.25, 0.3) is 0 Å². The molecule has 1 atom stereocenters. The van der Waals surface area contributed by atoms with Gasteiger partial charge in [0.25, 0.3) is 0 Å². The molecule has 106 valence electrons. The number of rotatable bonds is 4. The van der Waals surface area contributed by atoms with Gasteiger partial charge in [0, 0.05) is 17.0 Å². The molecule has 0 aromatic heterocycles. The van der Waals surface area contributed by atoms with Crippen molar-refractivity contribution in [1.82, 2.24) is 0 Å². The van der Waals surface area contributed by atoms with Crippen molar-refractivity contribution in [1.29, 1.82) is 0 Å². The average molecular weight is 295 g/mol. The van der Waals surface area contributed by atoms with Crippen molar-refractivity contribution in [2.75, 3.05) is 7.11 Å². The average Bonchev–Trinajstić information content (AvgIpc) is 2.42. The second-order valence-electron chi connectivity index (χ2n) is 4.89. The molecule has 2 nitrogen and oxygen atoms in total. The second kappa shape index (κ2) is 5.81. The summed E-state index contributed by atoms with van der Waals surface area (Å²) in [5.41, 5.74) is -0.205. The predicted molar refractivity (Wildman–Crippen MR) is 77.7 cm³/mol. The van der Waals surface area contributed by atoms with Crippen LogP contribution in [0.1, 0.15) is 18.1 Å². The van der Waals surface area contributed by atoms with Crippen LogP contribution >= 0.6 is 11.6 Å². The molecular formula is C16H16ClFO2. The zero-order valence-electron chi connectivity index (χ0n) is 11.4. The summed E-state index contributed by atoms with van der Waals surface area (Å²) in [7, 11) is 1.54. The number of hydrogen-bond acceptors (Lipinski definition) is 2. The zero-order valence-corrected chi connectivity index (χ0v) is 12.1. The molecular weight excluding hydrogens is 279 g/mol. The Kier molecular flexibility index (Phi) is 4.31. The van der Waals surface area contributed by atoms with Crippen LogP contribution in [0.15, 0.2) is 42.5 Å². The molecule has 0 radical (unpaired) electrons. The van der Waals surface area contributed by atoms with E-state index in [9.17, 15) is 9.50 Å². The minimum absolute atomic E-state index is 0.135. The van der Waals surface area contributed by atoms with Crippen molar-refractivity contribution in [3.05, 3.63) is 64.4 Å². The van der Waals surface area contributed by atoms with Gasteiger partial charge in [-0.1, -0.05) is 35.9 Å². The van der Waals surface area contributed by atoms with Crippen LogP contribution in [0.2, 0.25) is 5.02 Å². The van der Waals surface area contributed by atoms with Gasteiger partial charge in [0.15, 0.2) is 0 Å². The molecule has 0 aliphatic carbocycles. The standard InChI is InChI=1S/C16H16ClFO2/c1-16(19,13-5-3-4-6-15(13)20-2)10-11-7-8-12(17)9-14(11)18/h3-9,19H,10H2,1-2H3. The Labute approximate surface area is 122 Å². The number of methoxy groups -OCH3 is 1. The lowest BCUT2D eigenvalue weighted by molar-refractivity contribution is 0.0540. The fraction of sp³-hybridized carbons (Fsp3) is 0.250. The SMILES string of the molecule is COc1ccccc1C(C)(O)Cc1ccc(Cl)cc1F. The molecule has 0 aliphatic rings. The molecule has 2 aromatic rings. The minimum atomic E-state index is -1.23. The van der Waals surface area contributed by atoms with E-state index >= 15 is 0 Å². The van der Waals surface area contributed by atoms with Crippen molar-refractivity contribution in [3.8, 4) is 5.75 Å². The number of aliphatic hydroxyl groups is 1. The van der Waals surface area contributed by atoms with Crippen LogP contribution in [0.5, 0.6) is 5.75 Å². The van der Waals surface area contributed by atoms with E-state index in [0.29, 0.717) is 21.9 Å². The Balaban J connectivity index is 2.35. The van der Waals surface area contributed by atoms with E-state index < -0.39 is 11.4 Å². The monoisotopic (exact) mass is 294 g/mol. The van der Waals surface area contributed by atoms with Crippen molar-refractivity contribution in [2.24, 2.45) is 0 Å². The largest absolute Gasteiger partial charge is 0.496 e. The molecule has 0 saturated carbocycles. The van der Waals surface area contributed by atoms with E-state index in [0.717, 1.165) is 0 Å². The molecule has 0 bridgehead atoms. The Morgan fingerprint density at radius 3 is 2.60 bits per heavy atom. The molecule has 0 saturated heterocycles. The predicted octanol–water partition coefficient (Wildman–Crippen LogP) is 3.94. The molecule has 2 rings (SSSR count). The van der Waals surface area contributed by atoms with Gasteiger partial charge in [0.1, 0.15) is 11.6 Å². The van der Waals surface area contributed by atoms with Gasteiger partial charge >= 0.3 is 0 Å². The van der Waals surface area contributed by atoms with E-state index in [2.05, 4.69) is 0 Å². The lowest BCUT2D eigenvalue weighted by Gasteiger charge is -2.26. The Morgan fingerprint density at radius 2 is 1.95 bits per heavy atom. The van der Waals surface area contributed by atoms with Crippen LogP contribution in [-0.4, -0.2) is 12.2 Å². The fourth-order valence-corrected chi connectivity index (χ4v) is 2.38. The van der Waals surface area contributed by atoms with Crippen LogP contribution in [-0.2, 0) is 12.0 Å². The van der Waals surface area contributed by atoms with Gasteiger partial charge in [-0.05, 0) is 30.7 Å². The van der Waals surface area contributed by atoms with Gasteiger partial charge in [-0.15, -0.1) is 0 Å². The van der Waals surface area contributed by atoms with Gasteiger partial charge < -0.3 is 9.84 Å². The number of ether oxygens (including phenoxy) is 1. The third kappa shape index (κ3) is 3.11. The number of halogens is 2. The molecule has 4 heteroatoms. The van der Waals surface area contributed by atoms with Crippen LogP contribution in [0.3, 0.4) is 0 Å². The first-order valence-corrected chi connectivity index (χ1v) is 6.61.